The first kappa shape index (κ1) is 17.2. The number of amides is 1. The Morgan fingerprint density at radius 2 is 2.00 bits per heavy atom. The van der Waals surface area contributed by atoms with Gasteiger partial charge in [-0.15, -0.1) is 11.3 Å². The van der Waals surface area contributed by atoms with E-state index in [4.69, 9.17) is 15.6 Å². The Kier molecular flexibility index (Phi) is 4.65. The number of hydrogen-bond acceptors (Lipinski definition) is 5. The quantitative estimate of drug-likeness (QED) is 0.704. The zero-order valence-corrected chi connectivity index (χ0v) is 13.7. The van der Waals surface area contributed by atoms with E-state index in [0.717, 1.165) is 15.6 Å². The summed E-state index contributed by atoms with van der Waals surface area (Å²) in [6.07, 6.45) is 3.26. The molecule has 1 aromatic carbocycles. The molecule has 25 heavy (non-hydrogen) atoms. The first-order valence-electron chi connectivity index (χ1n) is 7.29. The Balaban J connectivity index is 1.78. The molecular formula is C17H14F2N2O3S. The van der Waals surface area contributed by atoms with Gasteiger partial charge in [0.15, 0.2) is 0 Å². The molecule has 2 aromatic heterocycles. The van der Waals surface area contributed by atoms with Crippen LogP contribution in [0.2, 0.25) is 0 Å². The summed E-state index contributed by atoms with van der Waals surface area (Å²) in [5, 5.41) is 9.51. The number of nitrogens with zero attached hydrogens (tertiary/aromatic N) is 1. The van der Waals surface area contributed by atoms with Crippen molar-refractivity contribution in [1.82, 2.24) is 4.98 Å². The Bertz CT molecular complexity index is 910. The van der Waals surface area contributed by atoms with E-state index in [1.807, 2.05) is 0 Å². The fourth-order valence-corrected chi connectivity index (χ4v) is 3.23. The van der Waals surface area contributed by atoms with Crippen LogP contribution in [0.15, 0.2) is 42.7 Å². The zero-order chi connectivity index (χ0) is 18.0. The van der Waals surface area contributed by atoms with E-state index in [2.05, 4.69) is 4.98 Å². The van der Waals surface area contributed by atoms with Gasteiger partial charge in [0, 0.05) is 28.9 Å². The lowest BCUT2D eigenvalue weighted by Gasteiger charge is -2.14. The minimum Gasteiger partial charge on any atom is -0.489 e. The number of nitrogens with two attached hydrogens (primary N) is 1. The van der Waals surface area contributed by atoms with Crippen LogP contribution in [0.1, 0.15) is 20.8 Å². The molecule has 2 heterocycles. The molecule has 0 unspecified atom stereocenters. The molecule has 8 heteroatoms. The van der Waals surface area contributed by atoms with Crippen LogP contribution >= 0.6 is 11.3 Å². The van der Waals surface area contributed by atoms with E-state index in [9.17, 15) is 13.6 Å². The molecule has 0 saturated heterocycles. The molecule has 3 aromatic rings. The van der Waals surface area contributed by atoms with Crippen LogP contribution in [0.4, 0.5) is 8.78 Å². The summed E-state index contributed by atoms with van der Waals surface area (Å²) >= 11 is 1.25. The fourth-order valence-electron chi connectivity index (χ4n) is 2.30. The molecule has 0 aliphatic rings. The van der Waals surface area contributed by atoms with Gasteiger partial charge in [-0.3, -0.25) is 9.78 Å². The molecular weight excluding hydrogens is 350 g/mol. The lowest BCUT2D eigenvalue weighted by Crippen LogP contribution is -2.18. The molecule has 3 rings (SSSR count). The maximum atomic E-state index is 13.4. The average Bonchev–Trinajstić information content (AvgIpc) is 3.05. The summed E-state index contributed by atoms with van der Waals surface area (Å²) in [5.41, 5.74) is 5.77. The molecule has 3 N–H and O–H groups in total. The van der Waals surface area contributed by atoms with Crippen molar-refractivity contribution in [3.05, 3.63) is 58.7 Å². The monoisotopic (exact) mass is 364 g/mol. The van der Waals surface area contributed by atoms with E-state index < -0.39 is 18.4 Å². The van der Waals surface area contributed by atoms with Crippen molar-refractivity contribution >= 4 is 27.3 Å². The van der Waals surface area contributed by atoms with Gasteiger partial charge in [0.25, 0.3) is 11.8 Å². The fraction of sp³-hybridized carbons (Fsp3) is 0.176. The van der Waals surface area contributed by atoms with Gasteiger partial charge in [0.1, 0.15) is 19.0 Å². The highest BCUT2D eigenvalue weighted by molar-refractivity contribution is 7.20. The third-order valence-electron chi connectivity index (χ3n) is 3.64. The van der Waals surface area contributed by atoms with Crippen molar-refractivity contribution in [3.63, 3.8) is 0 Å². The van der Waals surface area contributed by atoms with Crippen LogP contribution in [0.3, 0.4) is 0 Å². The number of benzene rings is 1. The number of alkyl halides is 2. The number of aromatic nitrogens is 1. The van der Waals surface area contributed by atoms with Crippen molar-refractivity contribution < 1.29 is 23.4 Å². The highest BCUT2D eigenvalue weighted by Gasteiger charge is 2.30. The van der Waals surface area contributed by atoms with E-state index in [1.54, 1.807) is 18.5 Å². The lowest BCUT2D eigenvalue weighted by molar-refractivity contribution is -0.0556. The summed E-state index contributed by atoms with van der Waals surface area (Å²) in [7, 11) is 0. The highest BCUT2D eigenvalue weighted by Crippen LogP contribution is 2.30. The van der Waals surface area contributed by atoms with Crippen molar-refractivity contribution in [3.8, 4) is 5.75 Å². The van der Waals surface area contributed by atoms with Gasteiger partial charge in [-0.05, 0) is 30.3 Å². The second kappa shape index (κ2) is 6.73. The summed E-state index contributed by atoms with van der Waals surface area (Å²) in [6, 6.07) is 6.93. The minimum atomic E-state index is -3.28. The van der Waals surface area contributed by atoms with Gasteiger partial charge < -0.3 is 15.6 Å². The molecule has 0 radical (unpaired) electrons. The van der Waals surface area contributed by atoms with E-state index >= 15 is 0 Å². The number of aliphatic hydroxyl groups excluding tert-OH is 1. The third-order valence-corrected chi connectivity index (χ3v) is 4.73. The smallest absolute Gasteiger partial charge is 0.295 e. The van der Waals surface area contributed by atoms with Gasteiger partial charge in [-0.25, -0.2) is 0 Å². The molecule has 1 amide bonds. The summed E-state index contributed by atoms with van der Waals surface area (Å²) in [6.45, 7) is -1.09. The number of pyridine rings is 1. The predicted molar refractivity (Wildman–Crippen MR) is 89.9 cm³/mol. The number of primary amides is 1. The molecule has 0 aliphatic heterocycles. The predicted octanol–water partition coefficient (Wildman–Crippen LogP) is 3.06. The first-order valence-corrected chi connectivity index (χ1v) is 8.10. The van der Waals surface area contributed by atoms with Crippen LogP contribution in [0, 0.1) is 0 Å². The van der Waals surface area contributed by atoms with Crippen molar-refractivity contribution in [1.29, 1.82) is 0 Å². The second-order valence-electron chi connectivity index (χ2n) is 5.36. The largest absolute Gasteiger partial charge is 0.489 e. The van der Waals surface area contributed by atoms with E-state index in [-0.39, 0.29) is 12.2 Å². The Morgan fingerprint density at radius 3 is 2.64 bits per heavy atom. The number of carbonyl (C=O) groups excluding carboxylic acids is 1. The second-order valence-corrected chi connectivity index (χ2v) is 6.44. The van der Waals surface area contributed by atoms with Gasteiger partial charge in [0.2, 0.25) is 0 Å². The van der Waals surface area contributed by atoms with Crippen LogP contribution in [-0.2, 0) is 12.5 Å². The van der Waals surface area contributed by atoms with Gasteiger partial charge in [-0.2, -0.15) is 8.78 Å². The average molecular weight is 364 g/mol. The molecule has 5 nitrogen and oxygen atoms in total. The maximum absolute atomic E-state index is 13.4. The maximum Gasteiger partial charge on any atom is 0.295 e. The molecule has 0 atom stereocenters. The van der Waals surface area contributed by atoms with Gasteiger partial charge >= 0.3 is 0 Å². The van der Waals surface area contributed by atoms with E-state index in [0.29, 0.717) is 10.6 Å². The first-order chi connectivity index (χ1) is 11.9. The van der Waals surface area contributed by atoms with Gasteiger partial charge in [-0.1, -0.05) is 0 Å². The number of hydrogen-bond donors (Lipinski definition) is 2. The van der Waals surface area contributed by atoms with E-state index in [1.165, 1.54) is 35.6 Å². The number of carbonyl (C=O) groups is 1. The Hall–Kier alpha value is -2.58. The summed E-state index contributed by atoms with van der Waals surface area (Å²) < 4.78 is 33.2. The third kappa shape index (κ3) is 3.59. The molecule has 0 spiro atoms. The molecule has 0 fully saturated rings. The molecule has 0 bridgehead atoms. The normalized spacial score (nSPS) is 11.6. The van der Waals surface area contributed by atoms with Gasteiger partial charge in [0.05, 0.1) is 9.58 Å². The summed E-state index contributed by atoms with van der Waals surface area (Å²) in [5.74, 6) is -3.39. The molecule has 130 valence electrons. The SMILES string of the molecule is NC(=O)c1cc2c(COc3ccc(C(F)(F)CO)cc3)cncc2s1. The molecule has 0 saturated carbocycles. The van der Waals surface area contributed by atoms with Crippen LogP contribution in [0.5, 0.6) is 5.75 Å². The minimum absolute atomic E-state index is 0.162. The number of halogens is 2. The highest BCUT2D eigenvalue weighted by atomic mass is 32.1. The number of thiophene rings is 1. The van der Waals surface area contributed by atoms with Crippen LogP contribution < -0.4 is 10.5 Å². The van der Waals surface area contributed by atoms with Crippen molar-refractivity contribution in [2.24, 2.45) is 5.73 Å². The van der Waals surface area contributed by atoms with Crippen LogP contribution in [0.25, 0.3) is 10.1 Å². The molecule has 0 aliphatic carbocycles. The lowest BCUT2D eigenvalue weighted by atomic mass is 10.1. The topological polar surface area (TPSA) is 85.4 Å². The Labute approximate surface area is 145 Å². The number of rotatable bonds is 6. The van der Waals surface area contributed by atoms with Crippen molar-refractivity contribution in [2.45, 2.75) is 12.5 Å². The van der Waals surface area contributed by atoms with Crippen molar-refractivity contribution in [2.75, 3.05) is 6.61 Å². The number of fused-ring (bicyclic) bond motifs is 1. The number of aliphatic hydroxyl groups is 1. The standard InChI is InChI=1S/C17H14F2N2O3S/c18-17(19,9-22)11-1-3-12(4-2-11)24-8-10-6-21-7-15-13(10)5-14(25-15)16(20)23/h1-7,22H,8-9H2,(H2,20,23). The summed E-state index contributed by atoms with van der Waals surface area (Å²) in [4.78, 5) is 15.8. The number of ether oxygens (including phenoxy) is 1. The van der Waals surface area contributed by atoms with Crippen LogP contribution in [-0.4, -0.2) is 22.6 Å². The zero-order valence-electron chi connectivity index (χ0n) is 12.9. The Morgan fingerprint density at radius 1 is 1.28 bits per heavy atom.